The third-order valence-electron chi connectivity index (χ3n) is 2.89. The fourth-order valence-corrected chi connectivity index (χ4v) is 1.70. The molecule has 1 atom stereocenters. The number of methoxy groups -OCH3 is 2. The highest BCUT2D eigenvalue weighted by Crippen LogP contribution is 2.27. The first kappa shape index (κ1) is 13.7. The largest absolute Gasteiger partial charge is 0.469 e. The van der Waals surface area contributed by atoms with E-state index in [0.29, 0.717) is 13.0 Å². The highest BCUT2D eigenvalue weighted by Gasteiger charge is 2.22. The van der Waals surface area contributed by atoms with Crippen LogP contribution >= 0.6 is 0 Å². The van der Waals surface area contributed by atoms with Crippen LogP contribution in [0.1, 0.15) is 35.8 Å². The molecule has 5 heteroatoms. The number of nitrogens with zero attached hydrogens (tertiary/aromatic N) is 1. The summed E-state index contributed by atoms with van der Waals surface area (Å²) < 4.78 is 14.9. The van der Waals surface area contributed by atoms with E-state index >= 15 is 0 Å². The number of hydrogen-bond donors (Lipinski definition) is 0. The van der Waals surface area contributed by atoms with Crippen LogP contribution in [-0.4, -0.2) is 32.0 Å². The predicted octanol–water partition coefficient (Wildman–Crippen LogP) is 1.97. The maximum Gasteiger partial charge on any atom is 0.306 e. The van der Waals surface area contributed by atoms with E-state index in [1.807, 2.05) is 13.8 Å². The Hall–Kier alpha value is -1.36. The first-order chi connectivity index (χ1) is 8.10. The first-order valence-electron chi connectivity index (χ1n) is 5.58. The molecule has 5 nitrogen and oxygen atoms in total. The van der Waals surface area contributed by atoms with Gasteiger partial charge in [-0.05, 0) is 20.3 Å². The Labute approximate surface area is 101 Å². The van der Waals surface area contributed by atoms with Crippen LogP contribution in [0.3, 0.4) is 0 Å². The molecule has 1 aromatic heterocycles. The number of rotatable bonds is 6. The summed E-state index contributed by atoms with van der Waals surface area (Å²) in [6.07, 6.45) is 1.02. The van der Waals surface area contributed by atoms with Crippen molar-refractivity contribution in [3.63, 3.8) is 0 Å². The smallest absolute Gasteiger partial charge is 0.306 e. The van der Waals surface area contributed by atoms with Crippen LogP contribution in [-0.2, 0) is 14.3 Å². The van der Waals surface area contributed by atoms with Gasteiger partial charge in [-0.2, -0.15) is 0 Å². The lowest BCUT2D eigenvalue weighted by Crippen LogP contribution is -2.12. The number of carbonyl (C=O) groups is 1. The van der Waals surface area contributed by atoms with Gasteiger partial charge < -0.3 is 14.0 Å². The van der Waals surface area contributed by atoms with Crippen LogP contribution in [0.2, 0.25) is 0 Å². The standard InChI is InChI=1S/C12H19NO4/c1-8-9(2)17-13-12(8)10(5-6-15-3)7-11(14)16-4/h10H,5-7H2,1-4H3. The number of carbonyl (C=O) groups excluding carboxylic acids is 1. The second kappa shape index (κ2) is 6.39. The van der Waals surface area contributed by atoms with E-state index < -0.39 is 0 Å². The minimum Gasteiger partial charge on any atom is -0.469 e. The van der Waals surface area contributed by atoms with Crippen molar-refractivity contribution < 1.29 is 18.8 Å². The normalized spacial score (nSPS) is 12.5. The molecule has 1 aromatic rings. The molecular formula is C12H19NO4. The van der Waals surface area contributed by atoms with Gasteiger partial charge in [-0.1, -0.05) is 5.16 Å². The summed E-state index contributed by atoms with van der Waals surface area (Å²) in [7, 11) is 3.02. The molecule has 0 saturated carbocycles. The molecule has 1 heterocycles. The van der Waals surface area contributed by atoms with Gasteiger partial charge in [0.1, 0.15) is 5.76 Å². The molecule has 0 saturated heterocycles. The van der Waals surface area contributed by atoms with Crippen molar-refractivity contribution in [2.45, 2.75) is 32.6 Å². The van der Waals surface area contributed by atoms with Crippen molar-refractivity contribution in [3.8, 4) is 0 Å². The zero-order chi connectivity index (χ0) is 12.8. The number of ether oxygens (including phenoxy) is 2. The van der Waals surface area contributed by atoms with Gasteiger partial charge in [-0.15, -0.1) is 0 Å². The molecule has 1 rings (SSSR count). The summed E-state index contributed by atoms with van der Waals surface area (Å²) in [5, 5.41) is 4.02. The van der Waals surface area contributed by atoms with Crippen LogP contribution in [0.25, 0.3) is 0 Å². The van der Waals surface area contributed by atoms with Crippen molar-refractivity contribution in [3.05, 3.63) is 17.0 Å². The molecule has 0 aliphatic heterocycles. The average molecular weight is 241 g/mol. The highest BCUT2D eigenvalue weighted by molar-refractivity contribution is 5.70. The number of aromatic nitrogens is 1. The Morgan fingerprint density at radius 3 is 2.59 bits per heavy atom. The van der Waals surface area contributed by atoms with Crippen molar-refractivity contribution >= 4 is 5.97 Å². The highest BCUT2D eigenvalue weighted by atomic mass is 16.5. The lowest BCUT2D eigenvalue weighted by Gasteiger charge is -2.13. The summed E-state index contributed by atoms with van der Waals surface area (Å²) in [5.74, 6) is 0.526. The zero-order valence-corrected chi connectivity index (χ0v) is 10.8. The molecule has 1 unspecified atom stereocenters. The van der Waals surface area contributed by atoms with E-state index in [9.17, 15) is 4.79 Å². The monoisotopic (exact) mass is 241 g/mol. The van der Waals surface area contributed by atoms with E-state index in [1.165, 1.54) is 7.11 Å². The molecule has 0 aliphatic rings. The summed E-state index contributed by atoms with van der Waals surface area (Å²) in [4.78, 5) is 11.4. The van der Waals surface area contributed by atoms with Gasteiger partial charge in [-0.25, -0.2) is 0 Å². The summed E-state index contributed by atoms with van der Waals surface area (Å²) in [5.41, 5.74) is 1.82. The second-order valence-electron chi connectivity index (χ2n) is 4.01. The molecule has 0 aromatic carbocycles. The van der Waals surface area contributed by atoms with E-state index in [2.05, 4.69) is 5.16 Å². The van der Waals surface area contributed by atoms with E-state index in [0.717, 1.165) is 23.4 Å². The zero-order valence-electron chi connectivity index (χ0n) is 10.8. The van der Waals surface area contributed by atoms with Crippen LogP contribution < -0.4 is 0 Å². The Morgan fingerprint density at radius 1 is 1.41 bits per heavy atom. The van der Waals surface area contributed by atoms with Crippen molar-refractivity contribution in [1.29, 1.82) is 0 Å². The number of esters is 1. The number of aryl methyl sites for hydroxylation is 1. The predicted molar refractivity (Wildman–Crippen MR) is 61.8 cm³/mol. The van der Waals surface area contributed by atoms with Crippen LogP contribution in [0.5, 0.6) is 0 Å². The Bertz CT molecular complexity index is 373. The van der Waals surface area contributed by atoms with Gasteiger partial charge in [0.2, 0.25) is 0 Å². The van der Waals surface area contributed by atoms with Crippen LogP contribution in [0.4, 0.5) is 0 Å². The molecule has 96 valence electrons. The molecule has 0 radical (unpaired) electrons. The Morgan fingerprint density at radius 2 is 2.12 bits per heavy atom. The van der Waals surface area contributed by atoms with Gasteiger partial charge in [0.25, 0.3) is 0 Å². The van der Waals surface area contributed by atoms with E-state index in [-0.39, 0.29) is 11.9 Å². The van der Waals surface area contributed by atoms with Crippen molar-refractivity contribution in [2.75, 3.05) is 20.8 Å². The molecule has 0 N–H and O–H groups in total. The van der Waals surface area contributed by atoms with Crippen LogP contribution in [0, 0.1) is 13.8 Å². The van der Waals surface area contributed by atoms with Crippen molar-refractivity contribution in [2.24, 2.45) is 0 Å². The van der Waals surface area contributed by atoms with Gasteiger partial charge in [0.15, 0.2) is 0 Å². The summed E-state index contributed by atoms with van der Waals surface area (Å²) in [6.45, 7) is 4.38. The molecule has 0 bridgehead atoms. The average Bonchev–Trinajstić information content (AvgIpc) is 2.65. The lowest BCUT2D eigenvalue weighted by molar-refractivity contribution is -0.141. The first-order valence-corrected chi connectivity index (χ1v) is 5.58. The summed E-state index contributed by atoms with van der Waals surface area (Å²) >= 11 is 0. The minimum absolute atomic E-state index is 0.0140. The topological polar surface area (TPSA) is 61.6 Å². The fraction of sp³-hybridized carbons (Fsp3) is 0.667. The molecule has 0 amide bonds. The molecule has 0 spiro atoms. The molecule has 17 heavy (non-hydrogen) atoms. The van der Waals surface area contributed by atoms with Crippen molar-refractivity contribution in [1.82, 2.24) is 5.16 Å². The summed E-state index contributed by atoms with van der Waals surface area (Å²) in [6, 6.07) is 0. The molecule has 0 aliphatic carbocycles. The Kier molecular flexibility index (Phi) is 5.15. The van der Waals surface area contributed by atoms with Gasteiger partial charge >= 0.3 is 5.97 Å². The minimum atomic E-state index is -0.244. The maximum atomic E-state index is 11.4. The van der Waals surface area contributed by atoms with Gasteiger partial charge in [0.05, 0.1) is 19.2 Å². The van der Waals surface area contributed by atoms with Gasteiger partial charge in [0, 0.05) is 25.2 Å². The van der Waals surface area contributed by atoms with Crippen LogP contribution in [0.15, 0.2) is 4.52 Å². The third-order valence-corrected chi connectivity index (χ3v) is 2.89. The molecule has 0 fully saturated rings. The van der Waals surface area contributed by atoms with E-state index in [1.54, 1.807) is 7.11 Å². The SMILES string of the molecule is COCCC(CC(=O)OC)c1noc(C)c1C. The van der Waals surface area contributed by atoms with Gasteiger partial charge in [-0.3, -0.25) is 4.79 Å². The van der Waals surface area contributed by atoms with E-state index in [4.69, 9.17) is 14.0 Å². The second-order valence-corrected chi connectivity index (χ2v) is 4.01. The molecular weight excluding hydrogens is 222 g/mol. The maximum absolute atomic E-state index is 11.4. The lowest BCUT2D eigenvalue weighted by atomic mass is 9.95. The quantitative estimate of drug-likeness (QED) is 0.712. The third kappa shape index (κ3) is 3.56. The fourth-order valence-electron chi connectivity index (χ4n) is 1.70. The number of hydrogen-bond acceptors (Lipinski definition) is 5. The Balaban J connectivity index is 2.81.